The highest BCUT2D eigenvalue weighted by Gasteiger charge is 2.23. The van der Waals surface area contributed by atoms with Gasteiger partial charge in [0.05, 0.1) is 18.5 Å². The minimum Gasteiger partial charge on any atom is -0.463 e. The second-order valence-corrected chi connectivity index (χ2v) is 7.44. The van der Waals surface area contributed by atoms with Gasteiger partial charge in [0.2, 0.25) is 11.8 Å². The van der Waals surface area contributed by atoms with Gasteiger partial charge >= 0.3 is 0 Å². The first-order valence-corrected chi connectivity index (χ1v) is 10.4. The number of nitrogens with zero attached hydrogens (tertiary/aromatic N) is 4. The molecule has 5 rings (SSSR count). The molecule has 1 N–H and O–H groups in total. The molecule has 0 fully saturated rings. The largest absolute Gasteiger partial charge is 0.463 e. The van der Waals surface area contributed by atoms with Gasteiger partial charge in [-0.25, -0.2) is 9.99 Å². The van der Waals surface area contributed by atoms with Crippen LogP contribution in [0, 0.1) is 0 Å². The Morgan fingerprint density at radius 3 is 2.66 bits per heavy atom. The summed E-state index contributed by atoms with van der Waals surface area (Å²) in [6.45, 7) is 0.528. The van der Waals surface area contributed by atoms with E-state index in [-0.39, 0.29) is 24.7 Å². The molecule has 0 spiro atoms. The fourth-order valence-corrected chi connectivity index (χ4v) is 3.72. The normalized spacial score (nSPS) is 13.4. The maximum atomic E-state index is 12.7. The van der Waals surface area contributed by atoms with E-state index < -0.39 is 0 Å². The smallest absolute Gasteiger partial charge is 0.243 e. The van der Waals surface area contributed by atoms with Gasteiger partial charge in [-0.2, -0.15) is 5.10 Å². The molecule has 4 aromatic rings. The lowest BCUT2D eigenvalue weighted by Crippen LogP contribution is -2.25. The number of benzene rings is 1. The minimum atomic E-state index is -0.275. The fraction of sp³-hybridized carbons (Fsp3) is 0.167. The maximum absolute atomic E-state index is 12.7. The Kier molecular flexibility index (Phi) is 5.25. The molecule has 1 aromatic carbocycles. The van der Waals surface area contributed by atoms with Crippen LogP contribution in [0.5, 0.6) is 0 Å². The van der Waals surface area contributed by atoms with Crippen molar-refractivity contribution in [1.82, 2.24) is 14.4 Å². The molecule has 0 unspecified atom stereocenters. The molecule has 8 heteroatoms. The van der Waals surface area contributed by atoms with Crippen molar-refractivity contribution in [3.63, 3.8) is 0 Å². The van der Waals surface area contributed by atoms with Crippen LogP contribution in [0.1, 0.15) is 24.8 Å². The van der Waals surface area contributed by atoms with Crippen molar-refractivity contribution in [2.24, 2.45) is 5.10 Å². The molecular formula is C24H21N5O3. The van der Waals surface area contributed by atoms with Gasteiger partial charge < -0.3 is 9.73 Å². The number of fused-ring (bicyclic) bond motifs is 1. The van der Waals surface area contributed by atoms with Gasteiger partial charge in [-0.3, -0.25) is 14.0 Å². The molecule has 160 valence electrons. The van der Waals surface area contributed by atoms with Crippen molar-refractivity contribution in [2.45, 2.75) is 19.3 Å². The summed E-state index contributed by atoms with van der Waals surface area (Å²) < 4.78 is 7.27. The summed E-state index contributed by atoms with van der Waals surface area (Å²) in [5.41, 5.74) is 3.12. The van der Waals surface area contributed by atoms with Crippen LogP contribution in [-0.4, -0.2) is 38.5 Å². The SMILES string of the molecule is O=C(CCC(=O)N1CCC(c2ccccc2)=N1)Nc1c(-c2ccco2)nc2ccccn12. The minimum absolute atomic E-state index is 0.0448. The molecular weight excluding hydrogens is 406 g/mol. The lowest BCUT2D eigenvalue weighted by atomic mass is 10.1. The van der Waals surface area contributed by atoms with Crippen molar-refractivity contribution < 1.29 is 14.0 Å². The Balaban J connectivity index is 1.26. The van der Waals surface area contributed by atoms with Gasteiger partial charge in [-0.05, 0) is 29.8 Å². The highest BCUT2D eigenvalue weighted by atomic mass is 16.3. The van der Waals surface area contributed by atoms with E-state index in [0.29, 0.717) is 35.9 Å². The van der Waals surface area contributed by atoms with Gasteiger partial charge in [0.15, 0.2) is 5.76 Å². The third kappa shape index (κ3) is 3.90. The number of hydrazone groups is 1. The number of imidazole rings is 1. The van der Waals surface area contributed by atoms with Crippen LogP contribution in [0.3, 0.4) is 0 Å². The zero-order valence-corrected chi connectivity index (χ0v) is 17.3. The van der Waals surface area contributed by atoms with Crippen molar-refractivity contribution in [2.75, 3.05) is 11.9 Å². The van der Waals surface area contributed by atoms with Crippen LogP contribution in [-0.2, 0) is 9.59 Å². The van der Waals surface area contributed by atoms with E-state index in [1.807, 2.05) is 54.7 Å². The number of aromatic nitrogens is 2. The Hall–Kier alpha value is -4.20. The lowest BCUT2D eigenvalue weighted by molar-refractivity contribution is -0.132. The van der Waals surface area contributed by atoms with Crippen LogP contribution in [0.15, 0.2) is 82.6 Å². The second kappa shape index (κ2) is 8.50. The average molecular weight is 427 g/mol. The summed E-state index contributed by atoms with van der Waals surface area (Å²) >= 11 is 0. The van der Waals surface area contributed by atoms with Crippen LogP contribution < -0.4 is 5.32 Å². The van der Waals surface area contributed by atoms with Gasteiger partial charge in [0.1, 0.15) is 17.2 Å². The van der Waals surface area contributed by atoms with E-state index in [1.165, 1.54) is 5.01 Å². The summed E-state index contributed by atoms with van der Waals surface area (Å²) in [7, 11) is 0. The molecule has 2 amide bonds. The van der Waals surface area contributed by atoms with Crippen LogP contribution >= 0.6 is 0 Å². The van der Waals surface area contributed by atoms with E-state index >= 15 is 0 Å². The monoisotopic (exact) mass is 427 g/mol. The summed E-state index contributed by atoms with van der Waals surface area (Å²) in [5.74, 6) is 0.622. The quantitative estimate of drug-likeness (QED) is 0.504. The van der Waals surface area contributed by atoms with E-state index in [9.17, 15) is 9.59 Å². The zero-order chi connectivity index (χ0) is 21.9. The average Bonchev–Trinajstić information content (AvgIpc) is 3.58. The predicted molar refractivity (Wildman–Crippen MR) is 120 cm³/mol. The van der Waals surface area contributed by atoms with Crippen molar-refractivity contribution in [3.05, 3.63) is 78.7 Å². The Labute approximate surface area is 184 Å². The maximum Gasteiger partial charge on any atom is 0.243 e. The fourth-order valence-electron chi connectivity index (χ4n) is 3.72. The van der Waals surface area contributed by atoms with Crippen molar-refractivity contribution in [1.29, 1.82) is 0 Å². The standard InChI is InChI=1S/C24H21N5O3/c30-21(11-12-22(31)29-15-13-18(27-29)17-7-2-1-3-8-17)26-24-23(19-9-6-16-32-19)25-20-10-4-5-14-28(20)24/h1-10,14,16H,11-13,15H2,(H,26,30). The number of hydrogen-bond donors (Lipinski definition) is 1. The molecule has 4 heterocycles. The number of rotatable bonds is 6. The number of pyridine rings is 1. The Morgan fingerprint density at radius 2 is 1.84 bits per heavy atom. The summed E-state index contributed by atoms with van der Waals surface area (Å²) in [6, 6.07) is 18.9. The number of nitrogens with one attached hydrogen (secondary N) is 1. The number of carbonyl (C=O) groups excluding carboxylic acids is 2. The molecule has 0 saturated heterocycles. The number of anilines is 1. The molecule has 32 heavy (non-hydrogen) atoms. The zero-order valence-electron chi connectivity index (χ0n) is 17.3. The van der Waals surface area contributed by atoms with Gasteiger partial charge in [0.25, 0.3) is 0 Å². The molecule has 3 aromatic heterocycles. The first kappa shape index (κ1) is 19.7. The number of hydrogen-bond acceptors (Lipinski definition) is 5. The molecule has 0 aliphatic carbocycles. The van der Waals surface area contributed by atoms with E-state index in [1.54, 1.807) is 22.8 Å². The lowest BCUT2D eigenvalue weighted by Gasteiger charge is -2.11. The second-order valence-electron chi connectivity index (χ2n) is 7.44. The van der Waals surface area contributed by atoms with Gasteiger partial charge in [-0.15, -0.1) is 0 Å². The van der Waals surface area contributed by atoms with E-state index in [4.69, 9.17) is 4.42 Å². The molecule has 8 nitrogen and oxygen atoms in total. The third-order valence-corrected chi connectivity index (χ3v) is 5.30. The first-order valence-electron chi connectivity index (χ1n) is 10.4. The topological polar surface area (TPSA) is 92.2 Å². The van der Waals surface area contributed by atoms with Gasteiger partial charge in [0, 0.05) is 25.5 Å². The predicted octanol–water partition coefficient (Wildman–Crippen LogP) is 3.95. The van der Waals surface area contributed by atoms with E-state index in [0.717, 1.165) is 11.3 Å². The highest BCUT2D eigenvalue weighted by Crippen LogP contribution is 2.29. The number of amides is 2. The Bertz CT molecular complexity index is 1290. The first-order chi connectivity index (χ1) is 15.7. The van der Waals surface area contributed by atoms with Crippen LogP contribution in [0.2, 0.25) is 0 Å². The number of carbonyl (C=O) groups is 2. The summed E-state index contributed by atoms with van der Waals surface area (Å²) in [4.78, 5) is 29.9. The van der Waals surface area contributed by atoms with Crippen LogP contribution in [0.25, 0.3) is 17.1 Å². The molecule has 0 saturated carbocycles. The van der Waals surface area contributed by atoms with Crippen molar-refractivity contribution in [3.8, 4) is 11.5 Å². The molecule has 0 atom stereocenters. The summed E-state index contributed by atoms with van der Waals surface area (Å²) in [5, 5.41) is 8.80. The molecule has 0 radical (unpaired) electrons. The third-order valence-electron chi connectivity index (χ3n) is 5.30. The highest BCUT2D eigenvalue weighted by molar-refractivity contribution is 6.03. The van der Waals surface area contributed by atoms with E-state index in [2.05, 4.69) is 15.4 Å². The molecule has 1 aliphatic heterocycles. The number of furan rings is 1. The Morgan fingerprint density at radius 1 is 1.00 bits per heavy atom. The van der Waals surface area contributed by atoms with Gasteiger partial charge in [-0.1, -0.05) is 36.4 Å². The summed E-state index contributed by atoms with van der Waals surface area (Å²) in [6.07, 6.45) is 4.20. The van der Waals surface area contributed by atoms with Crippen molar-refractivity contribution >= 4 is 29.0 Å². The van der Waals surface area contributed by atoms with Crippen LogP contribution in [0.4, 0.5) is 5.82 Å². The molecule has 0 bridgehead atoms. The molecule has 1 aliphatic rings.